The molecule has 4 aromatic rings. The van der Waals surface area contributed by atoms with Crippen LogP contribution in [0.3, 0.4) is 0 Å². The minimum Gasteiger partial charge on any atom is -0.479 e. The van der Waals surface area contributed by atoms with Crippen LogP contribution in [0.2, 0.25) is 0 Å². The first-order valence-electron chi connectivity index (χ1n) is 11.5. The Labute approximate surface area is 219 Å². The summed E-state index contributed by atoms with van der Waals surface area (Å²) >= 11 is 0. The van der Waals surface area contributed by atoms with Crippen LogP contribution in [-0.2, 0) is 26.0 Å². The lowest BCUT2D eigenvalue weighted by molar-refractivity contribution is -0.139. The van der Waals surface area contributed by atoms with Crippen LogP contribution in [0.4, 0.5) is 9.18 Å². The number of aromatic nitrogens is 1. The Morgan fingerprint density at radius 3 is 2.21 bits per heavy atom. The third-order valence-electron chi connectivity index (χ3n) is 5.98. The maximum atomic E-state index is 13.7. The van der Waals surface area contributed by atoms with Crippen LogP contribution in [0, 0.1) is 12.7 Å². The van der Waals surface area contributed by atoms with Gasteiger partial charge in [-0.05, 0) is 60.5 Å². The zero-order valence-electron chi connectivity index (χ0n) is 20.6. The van der Waals surface area contributed by atoms with Crippen LogP contribution in [-0.4, -0.2) is 36.4 Å². The van der Waals surface area contributed by atoms with E-state index >= 15 is 0 Å². The number of carboxylic acids is 1. The van der Waals surface area contributed by atoms with E-state index in [1.54, 1.807) is 54.0 Å². The maximum absolute atomic E-state index is 13.7. The van der Waals surface area contributed by atoms with Crippen molar-refractivity contribution >= 4 is 21.9 Å². The van der Waals surface area contributed by atoms with Gasteiger partial charge in [-0.25, -0.2) is 22.4 Å². The highest BCUT2D eigenvalue weighted by Crippen LogP contribution is 2.33. The minimum absolute atomic E-state index is 0.0352. The number of benzene rings is 3. The summed E-state index contributed by atoms with van der Waals surface area (Å²) in [5.41, 5.74) is 3.16. The average molecular weight is 537 g/mol. The first kappa shape index (κ1) is 26.6. The smallest absolute Gasteiger partial charge is 0.408 e. The Morgan fingerprint density at radius 1 is 1.00 bits per heavy atom. The molecular weight excluding hydrogens is 511 g/mol. The van der Waals surface area contributed by atoms with Crippen LogP contribution in [0.15, 0.2) is 89.8 Å². The van der Waals surface area contributed by atoms with E-state index < -0.39 is 33.8 Å². The number of carbonyl (C=O) groups is 2. The molecule has 0 bridgehead atoms. The first-order valence-corrected chi connectivity index (χ1v) is 13.4. The zero-order chi connectivity index (χ0) is 27.4. The largest absolute Gasteiger partial charge is 0.479 e. The number of rotatable bonds is 8. The van der Waals surface area contributed by atoms with E-state index in [9.17, 15) is 27.5 Å². The third-order valence-corrected chi connectivity index (χ3v) is 7.11. The highest BCUT2D eigenvalue weighted by atomic mass is 32.2. The number of aliphatic carboxylic acids is 1. The molecule has 1 amide bonds. The average Bonchev–Trinajstić information content (AvgIpc) is 3.23. The predicted octanol–water partition coefficient (Wildman–Crippen LogP) is 5.05. The standard InChI is InChI=1S/C28H25FN2O6S/c1-18-24(26(27(32)33)30-28(34)37-17-19-6-4-3-5-7-19)16-25(31(18)22-12-10-21(29)11-13-22)20-8-14-23(15-9-20)38(2,35)36/h3-16,26H,17H2,1-2H3,(H,30,34)(H,32,33)/t26-/m1/s1. The fourth-order valence-corrected chi connectivity index (χ4v) is 4.71. The third kappa shape index (κ3) is 5.92. The van der Waals surface area contributed by atoms with Crippen molar-refractivity contribution in [2.45, 2.75) is 24.5 Å². The first-order chi connectivity index (χ1) is 18.0. The number of carboxylic acid groups (broad SMARTS) is 1. The van der Waals surface area contributed by atoms with Crippen molar-refractivity contribution < 1.29 is 32.2 Å². The second kappa shape index (κ2) is 10.9. The number of amides is 1. The molecule has 0 unspecified atom stereocenters. The molecule has 0 saturated carbocycles. The summed E-state index contributed by atoms with van der Waals surface area (Å²) < 4.78 is 44.4. The molecule has 0 saturated heterocycles. The molecule has 0 aliphatic carbocycles. The van der Waals surface area contributed by atoms with Crippen LogP contribution in [0.1, 0.15) is 22.9 Å². The fraction of sp³-hybridized carbons (Fsp3) is 0.143. The summed E-state index contributed by atoms with van der Waals surface area (Å²) in [6, 6.07) is 20.9. The Kier molecular flexibility index (Phi) is 7.63. The predicted molar refractivity (Wildman–Crippen MR) is 139 cm³/mol. The number of sulfone groups is 1. The Morgan fingerprint density at radius 2 is 1.63 bits per heavy atom. The van der Waals surface area contributed by atoms with Crippen LogP contribution in [0.25, 0.3) is 16.9 Å². The highest BCUT2D eigenvalue weighted by Gasteiger charge is 2.29. The van der Waals surface area contributed by atoms with Crippen LogP contribution < -0.4 is 5.32 Å². The molecule has 196 valence electrons. The molecule has 0 fully saturated rings. The van der Waals surface area contributed by atoms with E-state index in [-0.39, 0.29) is 17.1 Å². The van der Waals surface area contributed by atoms with Crippen molar-refractivity contribution in [2.75, 3.05) is 6.26 Å². The number of alkyl carbamates (subject to hydrolysis) is 1. The number of halogens is 1. The quantitative estimate of drug-likeness (QED) is 0.326. The van der Waals surface area contributed by atoms with Gasteiger partial charge in [0.25, 0.3) is 0 Å². The van der Waals surface area contributed by atoms with Gasteiger partial charge in [0.05, 0.1) is 10.6 Å². The highest BCUT2D eigenvalue weighted by molar-refractivity contribution is 7.90. The molecule has 3 aromatic carbocycles. The van der Waals surface area contributed by atoms with Crippen molar-refractivity contribution in [3.8, 4) is 16.9 Å². The summed E-state index contributed by atoms with van der Waals surface area (Å²) in [6.45, 7) is 1.65. The fourth-order valence-electron chi connectivity index (χ4n) is 4.08. The number of nitrogens with zero attached hydrogens (tertiary/aromatic N) is 1. The van der Waals surface area contributed by atoms with Gasteiger partial charge in [0, 0.05) is 23.2 Å². The summed E-state index contributed by atoms with van der Waals surface area (Å²) in [4.78, 5) is 24.9. The lowest BCUT2D eigenvalue weighted by atomic mass is 10.1. The second-order valence-corrected chi connectivity index (χ2v) is 10.7. The molecule has 0 aliphatic heterocycles. The van der Waals surface area contributed by atoms with Gasteiger partial charge >= 0.3 is 12.1 Å². The van der Waals surface area contributed by atoms with Gasteiger partial charge in [0.15, 0.2) is 15.9 Å². The maximum Gasteiger partial charge on any atom is 0.408 e. The molecule has 0 radical (unpaired) electrons. The monoisotopic (exact) mass is 536 g/mol. The molecule has 0 spiro atoms. The summed E-state index contributed by atoms with van der Waals surface area (Å²) in [6.07, 6.45) is 0.195. The van der Waals surface area contributed by atoms with Crippen LogP contribution in [0.5, 0.6) is 0 Å². The lowest BCUT2D eigenvalue weighted by Crippen LogP contribution is -2.34. The van der Waals surface area contributed by atoms with Crippen LogP contribution >= 0.6 is 0 Å². The van der Waals surface area contributed by atoms with E-state index in [1.807, 2.05) is 6.07 Å². The number of hydrogen-bond acceptors (Lipinski definition) is 5. The van der Waals surface area contributed by atoms with Crippen molar-refractivity contribution in [3.05, 3.63) is 108 Å². The lowest BCUT2D eigenvalue weighted by Gasteiger charge is -2.16. The number of nitrogens with one attached hydrogen (secondary N) is 1. The normalized spacial score (nSPS) is 12.1. The minimum atomic E-state index is -3.42. The number of ether oxygens (including phenoxy) is 1. The van der Waals surface area contributed by atoms with E-state index in [1.165, 1.54) is 36.4 Å². The SMILES string of the molecule is Cc1c([C@@H](NC(=O)OCc2ccccc2)C(=O)O)cc(-c2ccc(S(C)(=O)=O)cc2)n1-c1ccc(F)cc1. The van der Waals surface area contributed by atoms with E-state index in [0.29, 0.717) is 22.6 Å². The van der Waals surface area contributed by atoms with Crippen molar-refractivity contribution in [3.63, 3.8) is 0 Å². The topological polar surface area (TPSA) is 115 Å². The molecule has 1 heterocycles. The van der Waals surface area contributed by atoms with E-state index in [2.05, 4.69) is 5.32 Å². The summed E-state index contributed by atoms with van der Waals surface area (Å²) in [7, 11) is -3.42. The Balaban J connectivity index is 1.73. The van der Waals surface area contributed by atoms with Gasteiger partial charge in [-0.1, -0.05) is 42.5 Å². The van der Waals surface area contributed by atoms with Gasteiger partial charge < -0.3 is 19.7 Å². The second-order valence-electron chi connectivity index (χ2n) is 8.66. The van der Waals surface area contributed by atoms with Gasteiger partial charge in [-0.2, -0.15) is 0 Å². The molecular formula is C28H25FN2O6S. The van der Waals surface area contributed by atoms with Crippen molar-refractivity contribution in [1.82, 2.24) is 9.88 Å². The Hall–Kier alpha value is -4.44. The molecule has 8 nitrogen and oxygen atoms in total. The molecule has 10 heteroatoms. The van der Waals surface area contributed by atoms with Crippen molar-refractivity contribution in [2.24, 2.45) is 0 Å². The van der Waals surface area contributed by atoms with Gasteiger partial charge in [0.2, 0.25) is 0 Å². The van der Waals surface area contributed by atoms with Crippen molar-refractivity contribution in [1.29, 1.82) is 0 Å². The van der Waals surface area contributed by atoms with Gasteiger partial charge in [0.1, 0.15) is 12.4 Å². The molecule has 4 rings (SSSR count). The number of hydrogen-bond donors (Lipinski definition) is 2. The summed E-state index contributed by atoms with van der Waals surface area (Å²) in [5.74, 6) is -1.75. The molecule has 1 atom stereocenters. The zero-order valence-corrected chi connectivity index (χ0v) is 21.4. The summed E-state index contributed by atoms with van der Waals surface area (Å²) in [5, 5.41) is 12.4. The van der Waals surface area contributed by atoms with Gasteiger partial charge in [-0.3, -0.25) is 0 Å². The van der Waals surface area contributed by atoms with Gasteiger partial charge in [-0.15, -0.1) is 0 Å². The Bertz CT molecular complexity index is 1560. The van der Waals surface area contributed by atoms with E-state index in [0.717, 1.165) is 11.8 Å². The molecule has 38 heavy (non-hydrogen) atoms. The number of carbonyl (C=O) groups excluding carboxylic acids is 1. The molecule has 2 N–H and O–H groups in total. The molecule has 0 aliphatic rings. The van der Waals surface area contributed by atoms with E-state index in [4.69, 9.17) is 4.74 Å². The molecule has 1 aromatic heterocycles.